The molecule has 6 heteroatoms. The number of aromatic nitrogens is 1. The average Bonchev–Trinajstić information content (AvgIpc) is 2.78. The summed E-state index contributed by atoms with van der Waals surface area (Å²) in [5.74, 6) is 4.31. The van der Waals surface area contributed by atoms with Crippen LogP contribution in [0, 0.1) is 31.4 Å². The Balaban J connectivity index is 2.01. The normalized spacial score (nSPS) is 13.2. The van der Waals surface area contributed by atoms with E-state index in [1.54, 1.807) is 13.0 Å². The molecule has 0 bridgehead atoms. The van der Waals surface area contributed by atoms with Crippen LogP contribution in [0.2, 0.25) is 0 Å². The van der Waals surface area contributed by atoms with Crippen molar-refractivity contribution >= 4 is 5.91 Å². The topological polar surface area (TPSA) is 71.5 Å². The highest BCUT2D eigenvalue weighted by atomic mass is 19.1. The second-order valence-electron chi connectivity index (χ2n) is 6.85. The summed E-state index contributed by atoms with van der Waals surface area (Å²) in [5.41, 5.74) is 1.91. The number of carbonyl (C=O) groups excluding carboxylic acids is 1. The molecule has 0 radical (unpaired) electrons. The van der Waals surface area contributed by atoms with Crippen molar-refractivity contribution in [1.82, 2.24) is 10.3 Å². The maximum Gasteiger partial charge on any atom is 0.270 e. The van der Waals surface area contributed by atoms with E-state index in [-0.39, 0.29) is 29.2 Å². The van der Waals surface area contributed by atoms with Gasteiger partial charge in [-0.3, -0.25) is 4.79 Å². The van der Waals surface area contributed by atoms with Gasteiger partial charge in [0, 0.05) is 28.0 Å². The Hall–Kier alpha value is -3.69. The molecule has 1 unspecified atom stereocenters. The molecule has 158 valence electrons. The number of halogens is 1. The molecule has 1 aromatic heterocycles. The Morgan fingerprint density at radius 2 is 2.03 bits per heavy atom. The predicted molar refractivity (Wildman–Crippen MR) is 116 cm³/mol. The highest BCUT2D eigenvalue weighted by Gasteiger charge is 2.22. The highest BCUT2D eigenvalue weighted by molar-refractivity contribution is 5.93. The monoisotopic (exact) mass is 421 g/mol. The molecular formula is C25H23FN2O3. The molecule has 1 atom stereocenters. The summed E-state index contributed by atoms with van der Waals surface area (Å²) >= 11 is 0. The fourth-order valence-electron chi connectivity index (χ4n) is 3.05. The van der Waals surface area contributed by atoms with Crippen LogP contribution in [0.15, 0.2) is 54.6 Å². The minimum Gasteiger partial charge on any atom is -0.508 e. The number of amides is 1. The van der Waals surface area contributed by atoms with Gasteiger partial charge >= 0.3 is 0 Å². The molecule has 0 aliphatic carbocycles. The van der Waals surface area contributed by atoms with Gasteiger partial charge in [0.25, 0.3) is 5.91 Å². The van der Waals surface area contributed by atoms with Crippen LogP contribution in [0.4, 0.5) is 4.39 Å². The zero-order valence-electron chi connectivity index (χ0n) is 20.1. The second kappa shape index (κ2) is 9.88. The van der Waals surface area contributed by atoms with E-state index in [1.165, 1.54) is 43.5 Å². The number of nitrogens with one attached hydrogen (secondary N) is 1. The fraction of sp³-hybridized carbons (Fsp3) is 0.200. The van der Waals surface area contributed by atoms with Gasteiger partial charge in [0.05, 0.1) is 6.04 Å². The molecule has 31 heavy (non-hydrogen) atoms. The third kappa shape index (κ3) is 5.68. The van der Waals surface area contributed by atoms with Crippen molar-refractivity contribution in [3.63, 3.8) is 0 Å². The van der Waals surface area contributed by atoms with Gasteiger partial charge in [-0.25, -0.2) is 9.37 Å². The van der Waals surface area contributed by atoms with Gasteiger partial charge in [0.1, 0.15) is 23.9 Å². The Bertz CT molecular complexity index is 1250. The molecule has 0 aliphatic heterocycles. The van der Waals surface area contributed by atoms with E-state index in [0.717, 1.165) is 12.1 Å². The number of phenols is 1. The summed E-state index contributed by atoms with van der Waals surface area (Å²) in [6.07, 6.45) is 0. The molecule has 0 saturated heterocycles. The van der Waals surface area contributed by atoms with Crippen LogP contribution in [-0.2, 0) is 4.74 Å². The van der Waals surface area contributed by atoms with Gasteiger partial charge in [-0.2, -0.15) is 0 Å². The number of rotatable bonds is 5. The summed E-state index contributed by atoms with van der Waals surface area (Å²) in [6.45, 7) is -0.345. The molecule has 2 N–H and O–H groups in total. The number of methoxy groups -OCH3 is 1. The molecule has 3 rings (SSSR count). The van der Waals surface area contributed by atoms with Gasteiger partial charge in [0.15, 0.2) is 0 Å². The van der Waals surface area contributed by atoms with E-state index in [9.17, 15) is 14.3 Å². The lowest BCUT2D eigenvalue weighted by Gasteiger charge is -2.21. The maximum absolute atomic E-state index is 14.0. The van der Waals surface area contributed by atoms with E-state index in [2.05, 4.69) is 22.1 Å². The van der Waals surface area contributed by atoms with Gasteiger partial charge in [-0.15, -0.1) is 0 Å². The molecule has 3 aromatic rings. The Kier molecular flexibility index (Phi) is 5.77. The molecular weight excluding hydrogens is 395 g/mol. The van der Waals surface area contributed by atoms with Gasteiger partial charge in [-0.1, -0.05) is 41.7 Å². The smallest absolute Gasteiger partial charge is 0.270 e. The number of benzene rings is 2. The van der Waals surface area contributed by atoms with Crippen LogP contribution in [-0.4, -0.2) is 29.7 Å². The van der Waals surface area contributed by atoms with Crippen LogP contribution in [0.1, 0.15) is 48.6 Å². The molecule has 0 saturated carbocycles. The number of aromatic hydroxyl groups is 1. The van der Waals surface area contributed by atoms with E-state index in [4.69, 9.17) is 8.85 Å². The van der Waals surface area contributed by atoms with E-state index >= 15 is 0 Å². The van der Waals surface area contributed by atoms with Crippen molar-refractivity contribution in [3.05, 3.63) is 94.1 Å². The highest BCUT2D eigenvalue weighted by Crippen LogP contribution is 2.30. The number of carbonyl (C=O) groups is 1. The van der Waals surface area contributed by atoms with Crippen LogP contribution in [0.5, 0.6) is 5.75 Å². The Morgan fingerprint density at radius 3 is 2.74 bits per heavy atom. The molecule has 0 aliphatic rings. The maximum atomic E-state index is 14.0. The van der Waals surface area contributed by atoms with Gasteiger partial charge in [-0.05, 0) is 49.7 Å². The number of ether oxygens (including phenoxy) is 1. The summed E-state index contributed by atoms with van der Waals surface area (Å²) in [7, 11) is 1.53. The second-order valence-corrected chi connectivity index (χ2v) is 6.85. The largest absolute Gasteiger partial charge is 0.508 e. The number of nitrogens with zero attached hydrogens (tertiary/aromatic N) is 1. The quantitative estimate of drug-likeness (QED) is 0.610. The minimum absolute atomic E-state index is 0.0849. The minimum atomic E-state index is -2.30. The van der Waals surface area contributed by atoms with Crippen LogP contribution >= 0.6 is 0 Å². The third-order valence-electron chi connectivity index (χ3n) is 4.46. The number of aryl methyl sites for hydroxylation is 2. The lowest BCUT2D eigenvalue weighted by Crippen LogP contribution is -2.30. The van der Waals surface area contributed by atoms with Crippen molar-refractivity contribution < 1.29 is 23.1 Å². The molecule has 0 fully saturated rings. The zero-order valence-corrected chi connectivity index (χ0v) is 17.1. The lowest BCUT2D eigenvalue weighted by molar-refractivity contribution is 0.0937. The first-order valence-corrected chi connectivity index (χ1v) is 9.44. The van der Waals surface area contributed by atoms with Crippen molar-refractivity contribution in [1.29, 1.82) is 0 Å². The first-order valence-electron chi connectivity index (χ1n) is 10.9. The lowest BCUT2D eigenvalue weighted by atomic mass is 9.96. The van der Waals surface area contributed by atoms with Crippen LogP contribution < -0.4 is 5.32 Å². The van der Waals surface area contributed by atoms with Gasteiger partial charge < -0.3 is 15.2 Å². The van der Waals surface area contributed by atoms with Gasteiger partial charge in [0.2, 0.25) is 0 Å². The van der Waals surface area contributed by atoms with Crippen LogP contribution in [0.25, 0.3) is 0 Å². The van der Waals surface area contributed by atoms with Crippen molar-refractivity contribution in [2.45, 2.75) is 19.8 Å². The Morgan fingerprint density at radius 1 is 1.26 bits per heavy atom. The van der Waals surface area contributed by atoms with Crippen molar-refractivity contribution in [3.8, 4) is 17.6 Å². The van der Waals surface area contributed by atoms with Crippen molar-refractivity contribution in [2.24, 2.45) is 0 Å². The van der Waals surface area contributed by atoms with Crippen LogP contribution in [0.3, 0.4) is 0 Å². The fourth-order valence-corrected chi connectivity index (χ4v) is 3.05. The Labute approximate surface area is 185 Å². The van der Waals surface area contributed by atoms with Crippen molar-refractivity contribution in [2.75, 3.05) is 13.7 Å². The number of hydrogen-bond acceptors (Lipinski definition) is 4. The number of pyridine rings is 1. The zero-order chi connectivity index (χ0) is 24.9. The third-order valence-corrected chi connectivity index (χ3v) is 4.46. The predicted octanol–water partition coefficient (Wildman–Crippen LogP) is 4.06. The standard InChI is InChI=1S/C25H23FN2O3/c1-16-6-8-19(9-7-16)24(21-15-20(26)10-11-23(21)29)28-25(30)22-14-18(5-4-12-31-3)13-17(2)27-22/h6-11,13-15,24,29H,12H2,1-3H3,(H,28,30)/i1D3. The molecule has 0 spiro atoms. The van der Waals surface area contributed by atoms with E-state index in [1.807, 2.05) is 0 Å². The first-order chi connectivity index (χ1) is 16.1. The van der Waals surface area contributed by atoms with E-state index < -0.39 is 24.6 Å². The average molecular weight is 421 g/mol. The number of phenolic OH excluding ortho intramolecular Hbond substituents is 1. The summed E-state index contributed by atoms with van der Waals surface area (Å²) in [6, 6.07) is 11.5. The summed E-state index contributed by atoms with van der Waals surface area (Å²) in [5, 5.41) is 13.2. The number of hydrogen-bond donors (Lipinski definition) is 2. The summed E-state index contributed by atoms with van der Waals surface area (Å²) < 4.78 is 41.6. The SMILES string of the molecule is [2H]C([2H])([2H])c1ccc(C(NC(=O)c2cc(C#CCOC)cc(C)n2)c2cc(F)ccc2O)cc1. The molecule has 1 amide bonds. The summed E-state index contributed by atoms with van der Waals surface area (Å²) in [4.78, 5) is 17.4. The van der Waals surface area contributed by atoms with E-state index in [0.29, 0.717) is 16.8 Å². The first kappa shape index (κ1) is 18.1. The molecule has 5 nitrogen and oxygen atoms in total. The molecule has 2 aromatic carbocycles. The molecule has 1 heterocycles.